The van der Waals surface area contributed by atoms with Crippen molar-refractivity contribution in [1.29, 1.82) is 0 Å². The van der Waals surface area contributed by atoms with Gasteiger partial charge < -0.3 is 10.1 Å². The molecule has 116 valence electrons. The number of rotatable bonds is 3. The molecule has 0 atom stereocenters. The molecule has 1 N–H and O–H groups in total. The van der Waals surface area contributed by atoms with Crippen molar-refractivity contribution in [3.05, 3.63) is 28.8 Å². The SMILES string of the molecule is O=C(CN1CCOCC1)Nc1ccc(Cl)cc1C(F)(F)F. The van der Waals surface area contributed by atoms with Crippen molar-refractivity contribution < 1.29 is 22.7 Å². The van der Waals surface area contributed by atoms with Crippen LogP contribution in [0.3, 0.4) is 0 Å². The number of halogens is 4. The predicted octanol–water partition coefficient (Wildman–Crippen LogP) is 2.63. The Kier molecular flexibility index (Phi) is 5.08. The highest BCUT2D eigenvalue weighted by molar-refractivity contribution is 6.30. The molecule has 4 nitrogen and oxygen atoms in total. The zero-order valence-corrected chi connectivity index (χ0v) is 11.8. The topological polar surface area (TPSA) is 41.6 Å². The van der Waals surface area contributed by atoms with Crippen molar-refractivity contribution in [2.45, 2.75) is 6.18 Å². The monoisotopic (exact) mass is 322 g/mol. The number of anilines is 1. The van der Waals surface area contributed by atoms with Crippen LogP contribution in [0.25, 0.3) is 0 Å². The number of carbonyl (C=O) groups excluding carboxylic acids is 1. The molecule has 1 aromatic carbocycles. The van der Waals surface area contributed by atoms with Gasteiger partial charge in [-0.05, 0) is 18.2 Å². The lowest BCUT2D eigenvalue weighted by Crippen LogP contribution is -2.41. The van der Waals surface area contributed by atoms with Gasteiger partial charge in [0.05, 0.1) is 31.0 Å². The van der Waals surface area contributed by atoms with E-state index in [0.717, 1.165) is 12.1 Å². The molecule has 0 aromatic heterocycles. The Morgan fingerprint density at radius 3 is 2.62 bits per heavy atom. The highest BCUT2D eigenvalue weighted by atomic mass is 35.5. The van der Waals surface area contributed by atoms with Gasteiger partial charge in [-0.15, -0.1) is 0 Å². The summed E-state index contributed by atoms with van der Waals surface area (Å²) in [5, 5.41) is 2.26. The van der Waals surface area contributed by atoms with Crippen LogP contribution in [0.15, 0.2) is 18.2 Å². The van der Waals surface area contributed by atoms with Gasteiger partial charge in [-0.2, -0.15) is 13.2 Å². The molecule has 0 spiro atoms. The van der Waals surface area contributed by atoms with Crippen LogP contribution in [-0.2, 0) is 15.7 Å². The normalized spacial score (nSPS) is 16.8. The third-order valence-electron chi connectivity index (χ3n) is 3.03. The Morgan fingerprint density at radius 2 is 2.00 bits per heavy atom. The van der Waals surface area contributed by atoms with Crippen LogP contribution in [0.1, 0.15) is 5.56 Å². The summed E-state index contributed by atoms with van der Waals surface area (Å²) in [6.45, 7) is 2.23. The molecule has 1 aliphatic rings. The fraction of sp³-hybridized carbons (Fsp3) is 0.462. The largest absolute Gasteiger partial charge is 0.418 e. The van der Waals surface area contributed by atoms with Crippen LogP contribution in [-0.4, -0.2) is 43.7 Å². The van der Waals surface area contributed by atoms with Gasteiger partial charge in [0, 0.05) is 18.1 Å². The second kappa shape index (κ2) is 6.64. The molecule has 21 heavy (non-hydrogen) atoms. The highest BCUT2D eigenvalue weighted by Gasteiger charge is 2.34. The summed E-state index contributed by atoms with van der Waals surface area (Å²) in [5.74, 6) is -0.496. The molecule has 1 aromatic rings. The van der Waals surface area contributed by atoms with E-state index in [4.69, 9.17) is 16.3 Å². The lowest BCUT2D eigenvalue weighted by atomic mass is 10.1. The summed E-state index contributed by atoms with van der Waals surface area (Å²) in [5.41, 5.74) is -1.24. The second-order valence-electron chi connectivity index (χ2n) is 4.62. The van der Waals surface area contributed by atoms with Crippen molar-refractivity contribution in [3.8, 4) is 0 Å². The highest BCUT2D eigenvalue weighted by Crippen LogP contribution is 2.36. The van der Waals surface area contributed by atoms with Crippen molar-refractivity contribution in [3.63, 3.8) is 0 Å². The quantitative estimate of drug-likeness (QED) is 0.930. The first kappa shape index (κ1) is 16.1. The molecule has 2 rings (SSSR count). The van der Waals surface area contributed by atoms with E-state index in [1.54, 1.807) is 0 Å². The first-order valence-electron chi connectivity index (χ1n) is 6.33. The number of ether oxygens (including phenoxy) is 1. The maximum absolute atomic E-state index is 12.9. The number of benzene rings is 1. The number of carbonyl (C=O) groups is 1. The van der Waals surface area contributed by atoms with Crippen LogP contribution < -0.4 is 5.32 Å². The maximum atomic E-state index is 12.9. The standard InChI is InChI=1S/C13H14ClF3N2O2/c14-9-1-2-11(10(7-9)13(15,16)17)18-12(20)8-19-3-5-21-6-4-19/h1-2,7H,3-6,8H2,(H,18,20). The number of morpholine rings is 1. The summed E-state index contributed by atoms with van der Waals surface area (Å²) in [6.07, 6.45) is -4.58. The van der Waals surface area contributed by atoms with Crippen LogP contribution in [0.5, 0.6) is 0 Å². The summed E-state index contributed by atoms with van der Waals surface area (Å²) < 4.78 is 43.8. The first-order valence-corrected chi connectivity index (χ1v) is 6.71. The van der Waals surface area contributed by atoms with Gasteiger partial charge in [0.1, 0.15) is 0 Å². The van der Waals surface area contributed by atoms with Gasteiger partial charge >= 0.3 is 6.18 Å². The number of hydrogen-bond donors (Lipinski definition) is 1. The minimum Gasteiger partial charge on any atom is -0.379 e. The van der Waals surface area contributed by atoms with Crippen LogP contribution >= 0.6 is 11.6 Å². The molecule has 0 saturated carbocycles. The molecule has 1 heterocycles. The van der Waals surface area contributed by atoms with E-state index >= 15 is 0 Å². The molecule has 1 fully saturated rings. The van der Waals surface area contributed by atoms with E-state index in [-0.39, 0.29) is 17.3 Å². The Balaban J connectivity index is 2.06. The van der Waals surface area contributed by atoms with Crippen molar-refractivity contribution in [1.82, 2.24) is 4.90 Å². The van der Waals surface area contributed by atoms with E-state index in [9.17, 15) is 18.0 Å². The van der Waals surface area contributed by atoms with Crippen molar-refractivity contribution in [2.24, 2.45) is 0 Å². The molecule has 8 heteroatoms. The number of nitrogens with one attached hydrogen (secondary N) is 1. The Labute approximate surface area is 124 Å². The number of hydrogen-bond acceptors (Lipinski definition) is 3. The smallest absolute Gasteiger partial charge is 0.379 e. The summed E-state index contributed by atoms with van der Waals surface area (Å²) in [4.78, 5) is 13.7. The molecular formula is C13H14ClF3N2O2. The molecule has 0 bridgehead atoms. The van der Waals surface area contributed by atoms with Crippen molar-refractivity contribution in [2.75, 3.05) is 38.2 Å². The lowest BCUT2D eigenvalue weighted by molar-refractivity contribution is -0.137. The minimum atomic E-state index is -4.58. The summed E-state index contributed by atoms with van der Waals surface area (Å²) >= 11 is 5.58. The molecule has 1 saturated heterocycles. The van der Waals surface area contributed by atoms with Crippen molar-refractivity contribution >= 4 is 23.2 Å². The number of alkyl halides is 3. The number of nitrogens with zero attached hydrogens (tertiary/aromatic N) is 1. The fourth-order valence-electron chi connectivity index (χ4n) is 2.01. The number of amides is 1. The van der Waals surface area contributed by atoms with Crippen LogP contribution in [0.4, 0.5) is 18.9 Å². The zero-order valence-electron chi connectivity index (χ0n) is 11.0. The van der Waals surface area contributed by atoms with Gasteiger partial charge in [0.25, 0.3) is 0 Å². The zero-order chi connectivity index (χ0) is 15.5. The van der Waals surface area contributed by atoms with Crippen LogP contribution in [0.2, 0.25) is 5.02 Å². The van der Waals surface area contributed by atoms with E-state index in [1.807, 2.05) is 4.90 Å². The molecule has 0 aliphatic carbocycles. The third-order valence-corrected chi connectivity index (χ3v) is 3.27. The third kappa shape index (κ3) is 4.59. The van der Waals surface area contributed by atoms with E-state index in [2.05, 4.69) is 5.32 Å². The average Bonchev–Trinajstić information content (AvgIpc) is 2.40. The van der Waals surface area contributed by atoms with Gasteiger partial charge in [0.2, 0.25) is 5.91 Å². The van der Waals surface area contributed by atoms with Gasteiger partial charge in [0.15, 0.2) is 0 Å². The minimum absolute atomic E-state index is 0.0310. The van der Waals surface area contributed by atoms with Gasteiger partial charge in [-0.3, -0.25) is 9.69 Å². The lowest BCUT2D eigenvalue weighted by Gasteiger charge is -2.26. The summed E-state index contributed by atoms with van der Waals surface area (Å²) in [7, 11) is 0. The Hall–Kier alpha value is -1.31. The van der Waals surface area contributed by atoms with Crippen LogP contribution in [0, 0.1) is 0 Å². The predicted molar refractivity (Wildman–Crippen MR) is 72.3 cm³/mol. The average molecular weight is 323 g/mol. The van der Waals surface area contributed by atoms with Gasteiger partial charge in [-0.25, -0.2) is 0 Å². The second-order valence-corrected chi connectivity index (χ2v) is 5.06. The summed E-state index contributed by atoms with van der Waals surface area (Å²) in [6, 6.07) is 3.26. The van der Waals surface area contributed by atoms with E-state index in [1.165, 1.54) is 6.07 Å². The van der Waals surface area contributed by atoms with E-state index < -0.39 is 17.6 Å². The molecule has 0 unspecified atom stereocenters. The molecule has 0 radical (unpaired) electrons. The first-order chi connectivity index (χ1) is 9.86. The Bertz CT molecular complexity index is 517. The fourth-order valence-corrected chi connectivity index (χ4v) is 2.18. The van der Waals surface area contributed by atoms with Gasteiger partial charge in [-0.1, -0.05) is 11.6 Å². The molecule has 1 aliphatic heterocycles. The van der Waals surface area contributed by atoms with E-state index in [0.29, 0.717) is 26.3 Å². The Morgan fingerprint density at radius 1 is 1.33 bits per heavy atom. The maximum Gasteiger partial charge on any atom is 0.418 e. The molecular weight excluding hydrogens is 309 g/mol. The molecule has 1 amide bonds.